The zero-order chi connectivity index (χ0) is 14.6. The van der Waals surface area contributed by atoms with Gasteiger partial charge in [0, 0.05) is 6.54 Å². The highest BCUT2D eigenvalue weighted by Gasteiger charge is 2.24. The van der Waals surface area contributed by atoms with Crippen molar-refractivity contribution in [1.29, 1.82) is 0 Å². The molecule has 1 aromatic rings. The molecule has 0 saturated carbocycles. The summed E-state index contributed by atoms with van der Waals surface area (Å²) in [7, 11) is 0. The standard InChI is InChI=1S/C9H16N4O6.ClH/c10-5-7(12-9(19)13-8(5)18)11-1-3(15)6(17)4(16)2-14;/h3-4,6,14-17H,1-2,10H2,(H3,11,12,13,18,19);1H/t3-,4+,6-;/m0./s1. The first kappa shape index (κ1) is 18.4. The van der Waals surface area contributed by atoms with E-state index in [9.17, 15) is 19.8 Å². The van der Waals surface area contributed by atoms with Gasteiger partial charge in [-0.15, -0.1) is 12.4 Å². The molecule has 1 aromatic heterocycles. The first-order chi connectivity index (χ1) is 8.86. The van der Waals surface area contributed by atoms with Crippen molar-refractivity contribution in [3.05, 3.63) is 20.8 Å². The molecule has 1 heterocycles. The van der Waals surface area contributed by atoms with E-state index >= 15 is 0 Å². The number of anilines is 2. The summed E-state index contributed by atoms with van der Waals surface area (Å²) >= 11 is 0. The lowest BCUT2D eigenvalue weighted by molar-refractivity contribution is -0.0715. The third kappa shape index (κ3) is 4.51. The first-order valence-electron chi connectivity index (χ1n) is 5.37. The average molecular weight is 313 g/mol. The van der Waals surface area contributed by atoms with Crippen molar-refractivity contribution in [3.63, 3.8) is 0 Å². The van der Waals surface area contributed by atoms with Crippen LogP contribution in [0.5, 0.6) is 0 Å². The van der Waals surface area contributed by atoms with Gasteiger partial charge < -0.3 is 31.5 Å². The molecule has 10 nitrogen and oxygen atoms in total. The normalized spacial score (nSPS) is 15.0. The van der Waals surface area contributed by atoms with Gasteiger partial charge in [0.05, 0.1) is 12.7 Å². The maximum absolute atomic E-state index is 11.2. The van der Waals surface area contributed by atoms with Crippen LogP contribution < -0.4 is 22.3 Å². The molecule has 0 aliphatic heterocycles. The minimum absolute atomic E-state index is 0. The highest BCUT2D eigenvalue weighted by atomic mass is 35.5. The van der Waals surface area contributed by atoms with Gasteiger partial charge in [-0.1, -0.05) is 0 Å². The van der Waals surface area contributed by atoms with Crippen molar-refractivity contribution >= 4 is 23.9 Å². The summed E-state index contributed by atoms with van der Waals surface area (Å²) in [6.07, 6.45) is -4.54. The maximum Gasteiger partial charge on any atom is 0.327 e. The molecule has 0 radical (unpaired) electrons. The number of H-pyrrole nitrogens is 2. The van der Waals surface area contributed by atoms with Crippen molar-refractivity contribution in [2.75, 3.05) is 24.2 Å². The van der Waals surface area contributed by atoms with E-state index in [0.717, 1.165) is 0 Å². The Labute approximate surface area is 118 Å². The number of halogens is 1. The molecule has 3 atom stereocenters. The van der Waals surface area contributed by atoms with Gasteiger partial charge >= 0.3 is 5.69 Å². The quantitative estimate of drug-likeness (QED) is 0.266. The number of aliphatic hydroxyl groups excluding tert-OH is 4. The van der Waals surface area contributed by atoms with Crippen LogP contribution >= 0.6 is 12.4 Å². The SMILES string of the molecule is Cl.Nc1c(NC[C@H](O)[C@H](O)[C@H](O)CO)[nH]c(=O)[nH]c1=O. The van der Waals surface area contributed by atoms with Crippen LogP contribution in [-0.4, -0.2) is 61.9 Å². The average Bonchev–Trinajstić information content (AvgIpc) is 2.38. The number of nitrogens with two attached hydrogens (primary N) is 1. The summed E-state index contributed by atoms with van der Waals surface area (Å²) in [5, 5.41) is 39.0. The largest absolute Gasteiger partial charge is 0.394 e. The molecule has 0 aliphatic carbocycles. The topological polar surface area (TPSA) is 185 Å². The second-order valence-corrected chi connectivity index (χ2v) is 3.89. The molecule has 0 saturated heterocycles. The van der Waals surface area contributed by atoms with E-state index in [1.54, 1.807) is 0 Å². The predicted octanol–water partition coefficient (Wildman–Crippen LogP) is -3.45. The third-order valence-electron chi connectivity index (χ3n) is 2.44. The Bertz CT molecular complexity index is 532. The van der Waals surface area contributed by atoms with E-state index in [4.69, 9.17) is 15.9 Å². The van der Waals surface area contributed by atoms with Gasteiger partial charge in [-0.05, 0) is 0 Å². The van der Waals surface area contributed by atoms with E-state index < -0.39 is 36.2 Å². The Hall–Kier alpha value is -1.59. The van der Waals surface area contributed by atoms with Gasteiger partial charge in [0.1, 0.15) is 23.7 Å². The number of nitrogens with one attached hydrogen (secondary N) is 3. The van der Waals surface area contributed by atoms with Crippen LogP contribution in [0.3, 0.4) is 0 Å². The lowest BCUT2D eigenvalue weighted by atomic mass is 10.1. The minimum Gasteiger partial charge on any atom is -0.394 e. The van der Waals surface area contributed by atoms with Crippen molar-refractivity contribution in [2.45, 2.75) is 18.3 Å². The number of hydrogen-bond acceptors (Lipinski definition) is 8. The van der Waals surface area contributed by atoms with Gasteiger partial charge in [0.15, 0.2) is 0 Å². The highest BCUT2D eigenvalue weighted by molar-refractivity contribution is 5.85. The fraction of sp³-hybridized carbons (Fsp3) is 0.556. The molecule has 0 spiro atoms. The third-order valence-corrected chi connectivity index (χ3v) is 2.44. The molecule has 20 heavy (non-hydrogen) atoms. The number of aliphatic hydroxyl groups is 4. The number of rotatable bonds is 6. The Kier molecular flexibility index (Phi) is 7.24. The summed E-state index contributed by atoms with van der Waals surface area (Å²) in [4.78, 5) is 26.3. The molecule has 0 bridgehead atoms. The molecule has 0 fully saturated rings. The monoisotopic (exact) mass is 312 g/mol. The number of hydrogen-bond donors (Lipinski definition) is 8. The minimum atomic E-state index is -1.59. The second kappa shape index (κ2) is 7.87. The van der Waals surface area contributed by atoms with Crippen LogP contribution in [0.4, 0.5) is 11.5 Å². The van der Waals surface area contributed by atoms with E-state index in [0.29, 0.717) is 0 Å². The van der Waals surface area contributed by atoms with E-state index in [1.807, 2.05) is 4.98 Å². The predicted molar refractivity (Wildman–Crippen MR) is 72.9 cm³/mol. The Morgan fingerprint density at radius 1 is 1.15 bits per heavy atom. The zero-order valence-electron chi connectivity index (χ0n) is 10.2. The molecule has 0 unspecified atom stereocenters. The van der Waals surface area contributed by atoms with Crippen LogP contribution in [0.25, 0.3) is 0 Å². The summed E-state index contributed by atoms with van der Waals surface area (Å²) in [6.45, 7) is -1.02. The maximum atomic E-state index is 11.2. The first-order valence-corrected chi connectivity index (χ1v) is 5.37. The molecule has 0 amide bonds. The van der Waals surface area contributed by atoms with Crippen LogP contribution in [-0.2, 0) is 0 Å². The molecule has 11 heteroatoms. The van der Waals surface area contributed by atoms with Crippen molar-refractivity contribution < 1.29 is 20.4 Å². The van der Waals surface area contributed by atoms with Gasteiger partial charge in [-0.25, -0.2) is 4.79 Å². The fourth-order valence-electron chi connectivity index (χ4n) is 1.33. The summed E-state index contributed by atoms with van der Waals surface area (Å²) in [5.74, 6) is -0.113. The summed E-state index contributed by atoms with van der Waals surface area (Å²) in [5.41, 5.74) is 3.52. The van der Waals surface area contributed by atoms with Gasteiger partial charge in [0.2, 0.25) is 0 Å². The fourth-order valence-corrected chi connectivity index (χ4v) is 1.33. The second-order valence-electron chi connectivity index (χ2n) is 3.89. The van der Waals surface area contributed by atoms with Gasteiger partial charge in [-0.3, -0.25) is 14.8 Å². The zero-order valence-corrected chi connectivity index (χ0v) is 11.1. The summed E-state index contributed by atoms with van der Waals surface area (Å²) < 4.78 is 0. The molecule has 9 N–H and O–H groups in total. The van der Waals surface area contributed by atoms with Crippen molar-refractivity contribution in [3.8, 4) is 0 Å². The summed E-state index contributed by atoms with van der Waals surface area (Å²) in [6, 6.07) is 0. The van der Waals surface area contributed by atoms with Gasteiger partial charge in [-0.2, -0.15) is 0 Å². The highest BCUT2D eigenvalue weighted by Crippen LogP contribution is 2.07. The van der Waals surface area contributed by atoms with Gasteiger partial charge in [0.25, 0.3) is 5.56 Å². The Morgan fingerprint density at radius 3 is 2.30 bits per heavy atom. The number of nitrogen functional groups attached to an aromatic ring is 1. The lowest BCUT2D eigenvalue weighted by Crippen LogP contribution is -2.43. The van der Waals surface area contributed by atoms with E-state index in [1.165, 1.54) is 0 Å². The lowest BCUT2D eigenvalue weighted by Gasteiger charge is -2.22. The number of aromatic amines is 2. The number of aromatic nitrogens is 2. The van der Waals surface area contributed by atoms with Crippen LogP contribution in [0.15, 0.2) is 9.59 Å². The van der Waals surface area contributed by atoms with Crippen molar-refractivity contribution in [2.24, 2.45) is 0 Å². The molecule has 0 aromatic carbocycles. The molecule has 0 aliphatic rings. The Balaban J connectivity index is 0.00000361. The van der Waals surface area contributed by atoms with E-state index in [-0.39, 0.29) is 30.5 Å². The molecular formula is C9H17ClN4O6. The van der Waals surface area contributed by atoms with Crippen LogP contribution in [0.2, 0.25) is 0 Å². The smallest absolute Gasteiger partial charge is 0.327 e. The molecule has 116 valence electrons. The van der Waals surface area contributed by atoms with Crippen LogP contribution in [0.1, 0.15) is 0 Å². The Morgan fingerprint density at radius 2 is 1.75 bits per heavy atom. The van der Waals surface area contributed by atoms with Crippen molar-refractivity contribution in [1.82, 2.24) is 9.97 Å². The molecular weight excluding hydrogens is 296 g/mol. The van der Waals surface area contributed by atoms with Crippen LogP contribution in [0, 0.1) is 0 Å². The van der Waals surface area contributed by atoms with E-state index in [2.05, 4.69) is 10.3 Å². The molecule has 1 rings (SSSR count).